The molecule has 1 heterocycles. The van der Waals surface area contributed by atoms with Gasteiger partial charge in [-0.15, -0.1) is 0 Å². The van der Waals surface area contributed by atoms with E-state index in [1.807, 2.05) is 58.0 Å². The van der Waals surface area contributed by atoms with Crippen molar-refractivity contribution in [1.82, 2.24) is 4.90 Å². The first-order chi connectivity index (χ1) is 16.5. The van der Waals surface area contributed by atoms with Gasteiger partial charge in [0, 0.05) is 6.54 Å². The van der Waals surface area contributed by atoms with Crippen molar-refractivity contribution in [3.05, 3.63) is 65.7 Å². The minimum atomic E-state index is -4.01. The minimum Gasteiger partial charge on any atom is -0.444 e. The summed E-state index contributed by atoms with van der Waals surface area (Å²) in [6.07, 6.45) is -0.850. The topological polar surface area (TPSA) is 91.4 Å². The highest BCUT2D eigenvalue weighted by atomic mass is 32.2. The standard InChI is InChI=1S/C26H35NO7S/c1-20-10-12-24(13-11-20)35(29,30)34-23(18-31-17-21-8-6-5-7-9-21)19-32-22-14-15-27(16-22)25(28)33-26(2,3)4/h5-13,22-23H,14-19H2,1-4H3/t22-,23+/m0/s1. The first kappa shape index (κ1) is 27.1. The maximum absolute atomic E-state index is 12.9. The van der Waals surface area contributed by atoms with Gasteiger partial charge in [-0.05, 0) is 51.8 Å². The summed E-state index contributed by atoms with van der Waals surface area (Å²) < 4.78 is 48.4. The summed E-state index contributed by atoms with van der Waals surface area (Å²) in [5.41, 5.74) is 1.35. The average molecular weight is 506 g/mol. The minimum absolute atomic E-state index is 0.00665. The number of nitrogens with zero attached hydrogens (tertiary/aromatic N) is 1. The zero-order valence-corrected chi connectivity index (χ0v) is 21.6. The van der Waals surface area contributed by atoms with Gasteiger partial charge in [0.15, 0.2) is 0 Å². The van der Waals surface area contributed by atoms with Crippen LogP contribution in [0.15, 0.2) is 59.5 Å². The summed E-state index contributed by atoms with van der Waals surface area (Å²) in [5.74, 6) is 0. The molecule has 1 aliphatic rings. The summed E-state index contributed by atoms with van der Waals surface area (Å²) in [5, 5.41) is 0. The van der Waals surface area contributed by atoms with Crippen LogP contribution in [-0.2, 0) is 35.1 Å². The summed E-state index contributed by atoms with van der Waals surface area (Å²) in [7, 11) is -4.01. The lowest BCUT2D eigenvalue weighted by Gasteiger charge is -2.24. The van der Waals surface area contributed by atoms with Crippen molar-refractivity contribution < 1.29 is 31.6 Å². The fourth-order valence-corrected chi connectivity index (χ4v) is 4.58. The molecule has 1 fully saturated rings. The molecule has 1 saturated heterocycles. The van der Waals surface area contributed by atoms with Crippen molar-refractivity contribution in [2.45, 2.75) is 63.4 Å². The molecule has 0 aliphatic carbocycles. The first-order valence-corrected chi connectivity index (χ1v) is 13.1. The highest BCUT2D eigenvalue weighted by molar-refractivity contribution is 7.86. The Kier molecular flexibility index (Phi) is 9.29. The zero-order chi connectivity index (χ0) is 25.5. The molecule has 2 aromatic carbocycles. The smallest absolute Gasteiger partial charge is 0.410 e. The van der Waals surface area contributed by atoms with E-state index in [2.05, 4.69) is 0 Å². The van der Waals surface area contributed by atoms with Gasteiger partial charge < -0.3 is 19.1 Å². The molecule has 192 valence electrons. The number of amides is 1. The van der Waals surface area contributed by atoms with Gasteiger partial charge in [-0.25, -0.2) is 4.79 Å². The van der Waals surface area contributed by atoms with Crippen LogP contribution in [0.25, 0.3) is 0 Å². The number of ether oxygens (including phenoxy) is 3. The van der Waals surface area contributed by atoms with E-state index in [4.69, 9.17) is 18.4 Å². The molecule has 0 unspecified atom stereocenters. The van der Waals surface area contributed by atoms with Crippen molar-refractivity contribution in [1.29, 1.82) is 0 Å². The van der Waals surface area contributed by atoms with Crippen molar-refractivity contribution in [2.75, 3.05) is 26.3 Å². The average Bonchev–Trinajstić information content (AvgIpc) is 3.26. The van der Waals surface area contributed by atoms with E-state index >= 15 is 0 Å². The van der Waals surface area contributed by atoms with E-state index in [0.717, 1.165) is 11.1 Å². The van der Waals surface area contributed by atoms with Crippen LogP contribution in [0.1, 0.15) is 38.3 Å². The molecule has 0 spiro atoms. The Morgan fingerprint density at radius 2 is 1.74 bits per heavy atom. The number of hydrogen-bond donors (Lipinski definition) is 0. The molecule has 0 saturated carbocycles. The fourth-order valence-electron chi connectivity index (χ4n) is 3.53. The number of benzene rings is 2. The number of carbonyl (C=O) groups excluding carboxylic acids is 1. The molecule has 0 bridgehead atoms. The molecule has 0 radical (unpaired) electrons. The highest BCUT2D eigenvalue weighted by Crippen LogP contribution is 2.20. The van der Waals surface area contributed by atoms with Crippen molar-refractivity contribution >= 4 is 16.2 Å². The summed E-state index contributed by atoms with van der Waals surface area (Å²) in [4.78, 5) is 14.0. The van der Waals surface area contributed by atoms with E-state index in [-0.39, 0.29) is 30.3 Å². The van der Waals surface area contributed by atoms with Gasteiger partial charge in [-0.3, -0.25) is 4.18 Å². The normalized spacial score (nSPS) is 17.4. The van der Waals surface area contributed by atoms with Crippen molar-refractivity contribution in [3.63, 3.8) is 0 Å². The molecule has 1 amide bonds. The molecule has 0 aromatic heterocycles. The first-order valence-electron chi connectivity index (χ1n) is 11.7. The molecule has 0 N–H and O–H groups in total. The number of rotatable bonds is 10. The molecular weight excluding hydrogens is 470 g/mol. The van der Waals surface area contributed by atoms with Crippen molar-refractivity contribution in [2.24, 2.45) is 0 Å². The van der Waals surface area contributed by atoms with Crippen LogP contribution in [0, 0.1) is 6.92 Å². The Bertz CT molecular complexity index is 1050. The van der Waals surface area contributed by atoms with E-state index < -0.39 is 21.8 Å². The number of carbonyl (C=O) groups is 1. The van der Waals surface area contributed by atoms with Gasteiger partial charge in [-0.2, -0.15) is 8.42 Å². The lowest BCUT2D eigenvalue weighted by atomic mass is 10.2. The van der Waals surface area contributed by atoms with E-state index in [9.17, 15) is 13.2 Å². The maximum Gasteiger partial charge on any atom is 0.410 e. The highest BCUT2D eigenvalue weighted by Gasteiger charge is 2.31. The summed E-state index contributed by atoms with van der Waals surface area (Å²) in [6.45, 7) is 8.58. The monoisotopic (exact) mass is 505 g/mol. The van der Waals surface area contributed by atoms with Gasteiger partial charge in [0.25, 0.3) is 10.1 Å². The third kappa shape index (κ3) is 8.92. The molecule has 9 heteroatoms. The Hall–Kier alpha value is -2.46. The molecule has 1 aliphatic heterocycles. The van der Waals surface area contributed by atoms with Crippen molar-refractivity contribution in [3.8, 4) is 0 Å². The van der Waals surface area contributed by atoms with Crippen LogP contribution in [0.5, 0.6) is 0 Å². The predicted molar refractivity (Wildman–Crippen MR) is 131 cm³/mol. The Labute approximate surface area is 208 Å². The third-order valence-electron chi connectivity index (χ3n) is 5.30. The molecular formula is C26H35NO7S. The van der Waals surface area contributed by atoms with Crippen LogP contribution < -0.4 is 0 Å². The largest absolute Gasteiger partial charge is 0.444 e. The molecule has 2 aromatic rings. The van der Waals surface area contributed by atoms with Crippen LogP contribution in [0.2, 0.25) is 0 Å². The van der Waals surface area contributed by atoms with Gasteiger partial charge in [0.2, 0.25) is 0 Å². The van der Waals surface area contributed by atoms with E-state index in [1.165, 1.54) is 12.1 Å². The van der Waals surface area contributed by atoms with Gasteiger partial charge in [-0.1, -0.05) is 48.0 Å². The second kappa shape index (κ2) is 12.0. The van der Waals surface area contributed by atoms with Crippen LogP contribution >= 0.6 is 0 Å². The quantitative estimate of drug-likeness (QED) is 0.444. The van der Waals surface area contributed by atoms with Crippen LogP contribution in [0.3, 0.4) is 0 Å². The maximum atomic E-state index is 12.9. The molecule has 8 nitrogen and oxygen atoms in total. The molecule has 3 rings (SSSR count). The fraction of sp³-hybridized carbons (Fsp3) is 0.500. The Balaban J connectivity index is 1.59. The van der Waals surface area contributed by atoms with Gasteiger partial charge in [0.05, 0.1) is 37.4 Å². The lowest BCUT2D eigenvalue weighted by Crippen LogP contribution is -2.36. The second-order valence-electron chi connectivity index (χ2n) is 9.66. The van der Waals surface area contributed by atoms with E-state index in [0.29, 0.717) is 26.1 Å². The summed E-state index contributed by atoms with van der Waals surface area (Å²) >= 11 is 0. The number of likely N-dealkylation sites (tertiary alicyclic amines) is 1. The van der Waals surface area contributed by atoms with Gasteiger partial charge >= 0.3 is 6.09 Å². The molecule has 35 heavy (non-hydrogen) atoms. The van der Waals surface area contributed by atoms with Crippen LogP contribution in [0.4, 0.5) is 4.79 Å². The van der Waals surface area contributed by atoms with Crippen LogP contribution in [-0.4, -0.2) is 63.5 Å². The van der Waals surface area contributed by atoms with E-state index in [1.54, 1.807) is 17.0 Å². The lowest BCUT2D eigenvalue weighted by molar-refractivity contribution is -0.0329. The third-order valence-corrected chi connectivity index (χ3v) is 6.68. The SMILES string of the molecule is Cc1ccc(S(=O)(=O)O[C@H](COCc2ccccc2)CO[C@H]2CCN(C(=O)OC(C)(C)C)C2)cc1. The zero-order valence-electron chi connectivity index (χ0n) is 20.8. The number of aryl methyl sites for hydroxylation is 1. The second-order valence-corrected chi connectivity index (χ2v) is 11.2. The Morgan fingerprint density at radius 1 is 1.06 bits per heavy atom. The number of hydrogen-bond acceptors (Lipinski definition) is 7. The summed E-state index contributed by atoms with van der Waals surface area (Å²) in [6, 6.07) is 16.1. The molecule has 2 atom stereocenters. The Morgan fingerprint density at radius 3 is 2.40 bits per heavy atom. The van der Waals surface area contributed by atoms with Gasteiger partial charge in [0.1, 0.15) is 11.7 Å². The predicted octanol–water partition coefficient (Wildman–Crippen LogP) is 4.31.